The molecular formula is C22H19Cl2N3O3S. The van der Waals surface area contributed by atoms with Crippen molar-refractivity contribution in [3.8, 4) is 17.0 Å². The monoisotopic (exact) mass is 475 g/mol. The second-order valence-electron chi connectivity index (χ2n) is 7.00. The third-order valence-electron chi connectivity index (χ3n) is 4.72. The fourth-order valence-electron chi connectivity index (χ4n) is 3.23. The minimum Gasteiger partial charge on any atom is -0.482 e. The average molecular weight is 476 g/mol. The van der Waals surface area contributed by atoms with Crippen LogP contribution in [0.5, 0.6) is 5.75 Å². The zero-order valence-corrected chi connectivity index (χ0v) is 19.0. The second-order valence-corrected chi connectivity index (χ2v) is 8.79. The standard InChI is InChI=1S/C22H19Cl2N3O3S/c1-2-3-21-26-17(12-31-21)13-4-7-19-18(8-13)27(22(29)11-30-19)10-20(28)25-16-9-14(23)5-6-15(16)24/h4-9,12H,2-3,10-11H2,1H3,(H,25,28). The molecule has 0 unspecified atom stereocenters. The Morgan fingerprint density at radius 3 is 2.90 bits per heavy atom. The molecule has 0 fully saturated rings. The highest BCUT2D eigenvalue weighted by molar-refractivity contribution is 7.09. The van der Waals surface area contributed by atoms with Gasteiger partial charge in [0.25, 0.3) is 5.91 Å². The number of nitrogens with one attached hydrogen (secondary N) is 1. The molecule has 0 aliphatic carbocycles. The molecule has 3 aromatic rings. The van der Waals surface area contributed by atoms with E-state index in [-0.39, 0.29) is 19.1 Å². The average Bonchev–Trinajstić information content (AvgIpc) is 3.21. The number of aryl methyl sites for hydroxylation is 1. The number of ether oxygens (including phenoxy) is 1. The summed E-state index contributed by atoms with van der Waals surface area (Å²) in [4.78, 5) is 31.3. The number of rotatable bonds is 6. The molecule has 2 heterocycles. The van der Waals surface area contributed by atoms with Crippen LogP contribution in [0.2, 0.25) is 10.0 Å². The maximum Gasteiger partial charge on any atom is 0.265 e. The highest BCUT2D eigenvalue weighted by Crippen LogP contribution is 2.36. The molecule has 1 aromatic heterocycles. The van der Waals surface area contributed by atoms with Crippen molar-refractivity contribution in [3.63, 3.8) is 0 Å². The summed E-state index contributed by atoms with van der Waals surface area (Å²) in [5.41, 5.74) is 2.62. The first kappa shape index (κ1) is 21.6. The molecule has 0 bridgehead atoms. The first-order valence-electron chi connectivity index (χ1n) is 9.71. The normalized spacial score (nSPS) is 13.0. The van der Waals surface area contributed by atoms with Crippen LogP contribution in [0.4, 0.5) is 11.4 Å². The molecule has 2 amide bonds. The van der Waals surface area contributed by atoms with Gasteiger partial charge in [-0.15, -0.1) is 11.3 Å². The van der Waals surface area contributed by atoms with E-state index in [0.717, 1.165) is 29.1 Å². The fourth-order valence-corrected chi connectivity index (χ4v) is 4.48. The van der Waals surface area contributed by atoms with Gasteiger partial charge in [-0.1, -0.05) is 30.1 Å². The Balaban J connectivity index is 1.58. The summed E-state index contributed by atoms with van der Waals surface area (Å²) < 4.78 is 5.56. The zero-order valence-electron chi connectivity index (χ0n) is 16.7. The van der Waals surface area contributed by atoms with Crippen molar-refractivity contribution >= 4 is 57.7 Å². The molecular weight excluding hydrogens is 457 g/mol. The molecule has 2 aromatic carbocycles. The molecule has 0 atom stereocenters. The number of anilines is 2. The van der Waals surface area contributed by atoms with Gasteiger partial charge in [-0.25, -0.2) is 4.98 Å². The molecule has 0 saturated heterocycles. The van der Waals surface area contributed by atoms with Gasteiger partial charge < -0.3 is 10.1 Å². The van der Waals surface area contributed by atoms with Crippen LogP contribution in [0.15, 0.2) is 41.8 Å². The quantitative estimate of drug-likeness (QED) is 0.515. The van der Waals surface area contributed by atoms with Crippen LogP contribution in [0, 0.1) is 0 Å². The molecule has 31 heavy (non-hydrogen) atoms. The van der Waals surface area contributed by atoms with Crippen molar-refractivity contribution in [2.24, 2.45) is 0 Å². The van der Waals surface area contributed by atoms with E-state index in [2.05, 4.69) is 17.2 Å². The summed E-state index contributed by atoms with van der Waals surface area (Å²) in [5.74, 6) is -0.155. The van der Waals surface area contributed by atoms with E-state index in [1.54, 1.807) is 35.6 Å². The van der Waals surface area contributed by atoms with Crippen LogP contribution in [-0.2, 0) is 16.0 Å². The lowest BCUT2D eigenvalue weighted by Gasteiger charge is -2.29. The highest BCUT2D eigenvalue weighted by atomic mass is 35.5. The molecule has 1 aliphatic rings. The molecule has 0 saturated carbocycles. The molecule has 1 aliphatic heterocycles. The van der Waals surface area contributed by atoms with Crippen LogP contribution in [0.25, 0.3) is 11.3 Å². The van der Waals surface area contributed by atoms with Crippen LogP contribution in [0.3, 0.4) is 0 Å². The van der Waals surface area contributed by atoms with Gasteiger partial charge in [0.1, 0.15) is 12.3 Å². The van der Waals surface area contributed by atoms with Gasteiger partial charge in [0.15, 0.2) is 6.61 Å². The van der Waals surface area contributed by atoms with Crippen molar-refractivity contribution in [2.75, 3.05) is 23.4 Å². The van der Waals surface area contributed by atoms with E-state index < -0.39 is 5.91 Å². The van der Waals surface area contributed by atoms with Crippen molar-refractivity contribution in [1.82, 2.24) is 4.98 Å². The van der Waals surface area contributed by atoms with E-state index in [1.165, 1.54) is 4.90 Å². The van der Waals surface area contributed by atoms with E-state index in [9.17, 15) is 9.59 Å². The van der Waals surface area contributed by atoms with E-state index in [1.807, 2.05) is 17.5 Å². The van der Waals surface area contributed by atoms with Gasteiger partial charge in [-0.3, -0.25) is 14.5 Å². The first-order chi connectivity index (χ1) is 14.9. The number of carbonyl (C=O) groups is 2. The minimum absolute atomic E-state index is 0.130. The number of carbonyl (C=O) groups excluding carboxylic acids is 2. The van der Waals surface area contributed by atoms with E-state index in [4.69, 9.17) is 27.9 Å². The lowest BCUT2D eigenvalue weighted by molar-refractivity contribution is -0.123. The van der Waals surface area contributed by atoms with Crippen LogP contribution >= 0.6 is 34.5 Å². The van der Waals surface area contributed by atoms with E-state index in [0.29, 0.717) is 27.2 Å². The molecule has 4 rings (SSSR count). The Morgan fingerprint density at radius 1 is 1.26 bits per heavy atom. The van der Waals surface area contributed by atoms with Crippen LogP contribution < -0.4 is 15.0 Å². The number of halogens is 2. The fraction of sp³-hybridized carbons (Fsp3) is 0.227. The maximum atomic E-state index is 12.7. The Morgan fingerprint density at radius 2 is 2.10 bits per heavy atom. The molecule has 9 heteroatoms. The predicted molar refractivity (Wildman–Crippen MR) is 124 cm³/mol. The smallest absolute Gasteiger partial charge is 0.265 e. The third-order valence-corrected chi connectivity index (χ3v) is 6.19. The number of nitrogens with zero attached hydrogens (tertiary/aromatic N) is 2. The minimum atomic E-state index is -0.394. The number of thiazole rings is 1. The number of aromatic nitrogens is 1. The molecule has 1 N–H and O–H groups in total. The lowest BCUT2D eigenvalue weighted by Crippen LogP contribution is -2.43. The number of fused-ring (bicyclic) bond motifs is 1. The summed E-state index contributed by atoms with van der Waals surface area (Å²) >= 11 is 13.7. The van der Waals surface area contributed by atoms with Crippen molar-refractivity contribution in [1.29, 1.82) is 0 Å². The number of amides is 2. The molecule has 0 radical (unpaired) electrons. The molecule has 0 spiro atoms. The SMILES string of the molecule is CCCc1nc(-c2ccc3c(c2)N(CC(=O)Nc2cc(Cl)ccc2Cl)C(=O)CO3)cs1. The van der Waals surface area contributed by atoms with E-state index >= 15 is 0 Å². The number of hydrogen-bond donors (Lipinski definition) is 1. The zero-order chi connectivity index (χ0) is 22.0. The Kier molecular flexibility index (Phi) is 6.46. The Labute approximate surface area is 193 Å². The summed E-state index contributed by atoms with van der Waals surface area (Å²) in [6, 6.07) is 10.3. The van der Waals surface area contributed by atoms with Crippen LogP contribution in [-0.4, -0.2) is 29.9 Å². The van der Waals surface area contributed by atoms with Gasteiger partial charge >= 0.3 is 0 Å². The largest absolute Gasteiger partial charge is 0.482 e. The Bertz CT molecular complexity index is 1150. The topological polar surface area (TPSA) is 71.5 Å². The lowest BCUT2D eigenvalue weighted by atomic mass is 10.1. The van der Waals surface area contributed by atoms with Crippen LogP contribution in [0.1, 0.15) is 18.4 Å². The predicted octanol–water partition coefficient (Wildman–Crippen LogP) is 5.43. The van der Waals surface area contributed by atoms with Gasteiger partial charge in [0, 0.05) is 16.0 Å². The van der Waals surface area contributed by atoms with Gasteiger partial charge in [-0.05, 0) is 49.2 Å². The summed E-state index contributed by atoms with van der Waals surface area (Å²) in [6.07, 6.45) is 1.95. The highest BCUT2D eigenvalue weighted by Gasteiger charge is 2.28. The van der Waals surface area contributed by atoms with Gasteiger partial charge in [0.05, 0.1) is 27.1 Å². The maximum absolute atomic E-state index is 12.7. The number of benzene rings is 2. The molecule has 6 nitrogen and oxygen atoms in total. The van der Waals surface area contributed by atoms with Crippen molar-refractivity contribution in [2.45, 2.75) is 19.8 Å². The third kappa shape index (κ3) is 4.84. The first-order valence-corrected chi connectivity index (χ1v) is 11.3. The molecule has 160 valence electrons. The summed E-state index contributed by atoms with van der Waals surface area (Å²) in [6.45, 7) is 1.80. The number of hydrogen-bond acceptors (Lipinski definition) is 5. The van der Waals surface area contributed by atoms with Crippen molar-refractivity contribution in [3.05, 3.63) is 56.8 Å². The van der Waals surface area contributed by atoms with Gasteiger partial charge in [0.2, 0.25) is 5.91 Å². The van der Waals surface area contributed by atoms with Gasteiger partial charge in [-0.2, -0.15) is 0 Å². The van der Waals surface area contributed by atoms with Crippen molar-refractivity contribution < 1.29 is 14.3 Å². The second kappa shape index (κ2) is 9.26. The summed E-state index contributed by atoms with van der Waals surface area (Å²) in [5, 5.41) is 6.58. The Hall–Kier alpha value is -2.61. The summed E-state index contributed by atoms with van der Waals surface area (Å²) in [7, 11) is 0.